The first-order chi connectivity index (χ1) is 13.9. The van der Waals surface area contributed by atoms with E-state index < -0.39 is 0 Å². The van der Waals surface area contributed by atoms with E-state index in [1.165, 1.54) is 11.8 Å². The molecule has 2 N–H and O–H groups in total. The molecular weight excluding hydrogens is 448 g/mol. The van der Waals surface area contributed by atoms with Gasteiger partial charge >= 0.3 is 0 Å². The molecule has 0 saturated carbocycles. The van der Waals surface area contributed by atoms with Crippen LogP contribution in [0.4, 0.5) is 11.4 Å². The molecule has 0 unspecified atom stereocenters. The number of benzene rings is 3. The van der Waals surface area contributed by atoms with Gasteiger partial charge < -0.3 is 10.6 Å². The van der Waals surface area contributed by atoms with Crippen molar-refractivity contribution < 1.29 is 9.59 Å². The Bertz CT molecular complexity index is 1040. The fraction of sp³-hybridized carbons (Fsp3) is 0.130. The van der Waals surface area contributed by atoms with Crippen molar-refractivity contribution in [3.05, 3.63) is 87.9 Å². The molecule has 0 spiro atoms. The highest BCUT2D eigenvalue weighted by molar-refractivity contribution is 9.10. The summed E-state index contributed by atoms with van der Waals surface area (Å²) in [6.45, 7) is 3.94. The Morgan fingerprint density at radius 1 is 0.931 bits per heavy atom. The molecule has 0 bridgehead atoms. The number of anilines is 2. The summed E-state index contributed by atoms with van der Waals surface area (Å²) in [5, 5.41) is 5.83. The van der Waals surface area contributed by atoms with Crippen molar-refractivity contribution in [2.45, 2.75) is 18.7 Å². The van der Waals surface area contributed by atoms with Crippen LogP contribution in [0.25, 0.3) is 0 Å². The van der Waals surface area contributed by atoms with Gasteiger partial charge in [-0.2, -0.15) is 0 Å². The maximum atomic E-state index is 12.8. The lowest BCUT2D eigenvalue weighted by atomic mass is 10.1. The number of amides is 2. The molecule has 3 rings (SSSR count). The lowest BCUT2D eigenvalue weighted by Gasteiger charge is -2.12. The monoisotopic (exact) mass is 468 g/mol. The van der Waals surface area contributed by atoms with E-state index in [2.05, 4.69) is 26.6 Å². The molecule has 0 fully saturated rings. The van der Waals surface area contributed by atoms with Gasteiger partial charge in [0.25, 0.3) is 5.91 Å². The number of carbonyl (C=O) groups is 2. The first-order valence-electron chi connectivity index (χ1n) is 9.08. The van der Waals surface area contributed by atoms with Crippen molar-refractivity contribution in [1.29, 1.82) is 0 Å². The summed E-state index contributed by atoms with van der Waals surface area (Å²) in [5.41, 5.74) is 4.17. The van der Waals surface area contributed by atoms with Gasteiger partial charge in [-0.05, 0) is 61.9 Å². The lowest BCUT2D eigenvalue weighted by molar-refractivity contribution is -0.113. The highest BCUT2D eigenvalue weighted by Gasteiger charge is 2.14. The van der Waals surface area contributed by atoms with Gasteiger partial charge in [0.2, 0.25) is 5.91 Å². The van der Waals surface area contributed by atoms with Gasteiger partial charge in [-0.15, -0.1) is 11.8 Å². The molecule has 0 aliphatic carbocycles. The summed E-state index contributed by atoms with van der Waals surface area (Å²) in [7, 11) is 0. The highest BCUT2D eigenvalue weighted by Crippen LogP contribution is 2.25. The van der Waals surface area contributed by atoms with Gasteiger partial charge in [0.05, 0.1) is 11.3 Å². The second-order valence-electron chi connectivity index (χ2n) is 6.61. The molecule has 148 valence electrons. The molecule has 0 aliphatic rings. The Balaban J connectivity index is 1.65. The van der Waals surface area contributed by atoms with Gasteiger partial charge in [-0.3, -0.25) is 9.59 Å². The largest absolute Gasteiger partial charge is 0.325 e. The first kappa shape index (κ1) is 21.1. The van der Waals surface area contributed by atoms with Crippen LogP contribution in [0.1, 0.15) is 21.5 Å². The van der Waals surface area contributed by atoms with Crippen LogP contribution in [0.2, 0.25) is 0 Å². The van der Waals surface area contributed by atoms with E-state index in [0.717, 1.165) is 31.9 Å². The van der Waals surface area contributed by atoms with Gasteiger partial charge in [0, 0.05) is 20.7 Å². The van der Waals surface area contributed by atoms with Crippen LogP contribution in [-0.2, 0) is 4.79 Å². The summed E-state index contributed by atoms with van der Waals surface area (Å²) in [6.07, 6.45) is 0. The maximum Gasteiger partial charge on any atom is 0.256 e. The molecule has 2 amide bonds. The van der Waals surface area contributed by atoms with Crippen LogP contribution < -0.4 is 10.6 Å². The average Bonchev–Trinajstić information content (AvgIpc) is 2.70. The minimum Gasteiger partial charge on any atom is -0.325 e. The van der Waals surface area contributed by atoms with Crippen molar-refractivity contribution in [2.75, 3.05) is 16.4 Å². The number of carbonyl (C=O) groups excluding carboxylic acids is 2. The normalized spacial score (nSPS) is 10.4. The number of halogens is 1. The Morgan fingerprint density at radius 3 is 2.38 bits per heavy atom. The van der Waals surface area contributed by atoms with Crippen LogP contribution in [-0.4, -0.2) is 17.6 Å². The van der Waals surface area contributed by atoms with Crippen molar-refractivity contribution in [3.63, 3.8) is 0 Å². The van der Waals surface area contributed by atoms with E-state index >= 15 is 0 Å². The van der Waals surface area contributed by atoms with Crippen LogP contribution in [0.15, 0.2) is 76.1 Å². The third-order valence-electron chi connectivity index (χ3n) is 4.26. The van der Waals surface area contributed by atoms with Gasteiger partial charge in [0.15, 0.2) is 0 Å². The molecule has 0 heterocycles. The van der Waals surface area contributed by atoms with E-state index in [9.17, 15) is 9.59 Å². The summed E-state index contributed by atoms with van der Waals surface area (Å²) < 4.78 is 0.962. The third kappa shape index (κ3) is 5.95. The molecule has 6 heteroatoms. The minimum absolute atomic E-state index is 0.113. The van der Waals surface area contributed by atoms with E-state index in [-0.39, 0.29) is 17.6 Å². The van der Waals surface area contributed by atoms with Gasteiger partial charge in [-0.25, -0.2) is 0 Å². The topological polar surface area (TPSA) is 58.2 Å². The van der Waals surface area contributed by atoms with Gasteiger partial charge in [-0.1, -0.05) is 45.8 Å². The van der Waals surface area contributed by atoms with E-state index in [4.69, 9.17) is 0 Å². The smallest absolute Gasteiger partial charge is 0.256 e. The second-order valence-corrected chi connectivity index (χ2v) is 8.55. The number of hydrogen-bond donors (Lipinski definition) is 2. The molecule has 3 aromatic carbocycles. The number of aryl methyl sites for hydroxylation is 2. The van der Waals surface area contributed by atoms with Crippen molar-refractivity contribution in [3.8, 4) is 0 Å². The SMILES string of the molecule is Cc1ccc(NC(=O)CSc2ccccc2C(=O)Nc2ccc(Br)cc2C)cc1. The molecule has 0 atom stereocenters. The zero-order chi connectivity index (χ0) is 20.8. The summed E-state index contributed by atoms with van der Waals surface area (Å²) in [6, 6.07) is 20.7. The predicted octanol–water partition coefficient (Wildman–Crippen LogP) is 6.05. The molecule has 0 aliphatic heterocycles. The number of rotatable bonds is 6. The van der Waals surface area contributed by atoms with E-state index in [1.54, 1.807) is 6.07 Å². The van der Waals surface area contributed by atoms with Crippen molar-refractivity contribution in [2.24, 2.45) is 0 Å². The number of nitrogens with one attached hydrogen (secondary N) is 2. The van der Waals surface area contributed by atoms with Crippen molar-refractivity contribution in [1.82, 2.24) is 0 Å². The Labute approximate surface area is 183 Å². The Hall–Kier alpha value is -2.57. The Morgan fingerprint density at radius 2 is 1.66 bits per heavy atom. The summed E-state index contributed by atoms with van der Waals surface area (Å²) in [5.74, 6) is -0.0922. The van der Waals surface area contributed by atoms with E-state index in [0.29, 0.717) is 5.56 Å². The first-order valence-corrected chi connectivity index (χ1v) is 10.9. The van der Waals surface area contributed by atoms with Crippen LogP contribution in [0, 0.1) is 13.8 Å². The average molecular weight is 469 g/mol. The zero-order valence-corrected chi connectivity index (χ0v) is 18.6. The summed E-state index contributed by atoms with van der Waals surface area (Å²) in [4.78, 5) is 25.8. The molecular formula is C23H21BrN2O2S. The molecule has 0 radical (unpaired) electrons. The van der Waals surface area contributed by atoms with E-state index in [1.807, 2.05) is 74.5 Å². The molecule has 3 aromatic rings. The highest BCUT2D eigenvalue weighted by atomic mass is 79.9. The zero-order valence-electron chi connectivity index (χ0n) is 16.2. The minimum atomic E-state index is -0.197. The van der Waals surface area contributed by atoms with Crippen LogP contribution >= 0.6 is 27.7 Å². The number of thioether (sulfide) groups is 1. The Kier molecular flexibility index (Phi) is 7.12. The molecule has 0 aromatic heterocycles. The summed E-state index contributed by atoms with van der Waals surface area (Å²) >= 11 is 4.77. The second kappa shape index (κ2) is 9.76. The maximum absolute atomic E-state index is 12.8. The molecule has 0 saturated heterocycles. The quantitative estimate of drug-likeness (QED) is 0.432. The van der Waals surface area contributed by atoms with Crippen LogP contribution in [0.5, 0.6) is 0 Å². The van der Waals surface area contributed by atoms with Crippen LogP contribution in [0.3, 0.4) is 0 Å². The predicted molar refractivity (Wildman–Crippen MR) is 124 cm³/mol. The van der Waals surface area contributed by atoms with Crippen molar-refractivity contribution >= 4 is 50.9 Å². The third-order valence-corrected chi connectivity index (χ3v) is 5.83. The fourth-order valence-corrected chi connectivity index (χ4v) is 4.04. The number of hydrogen-bond acceptors (Lipinski definition) is 3. The molecule has 29 heavy (non-hydrogen) atoms. The standard InChI is InChI=1S/C23H21BrN2O2S/c1-15-7-10-18(11-8-15)25-22(27)14-29-21-6-4-3-5-19(21)23(28)26-20-12-9-17(24)13-16(20)2/h3-13H,14H2,1-2H3,(H,25,27)(H,26,28). The molecule has 4 nitrogen and oxygen atoms in total. The lowest BCUT2D eigenvalue weighted by Crippen LogP contribution is -2.16. The van der Waals surface area contributed by atoms with Gasteiger partial charge in [0.1, 0.15) is 0 Å². The fourth-order valence-electron chi connectivity index (χ4n) is 2.71.